The first-order chi connectivity index (χ1) is 18.5. The van der Waals surface area contributed by atoms with Gasteiger partial charge in [-0.15, -0.1) is 10.2 Å². The van der Waals surface area contributed by atoms with Crippen LogP contribution >= 0.6 is 35.1 Å². The van der Waals surface area contributed by atoms with E-state index in [9.17, 15) is 4.79 Å². The molecule has 1 aliphatic heterocycles. The number of hydrogen-bond donors (Lipinski definition) is 1. The minimum absolute atomic E-state index is 0.303. The summed E-state index contributed by atoms with van der Waals surface area (Å²) in [6.07, 6.45) is 5.52. The summed E-state index contributed by atoms with van der Waals surface area (Å²) in [6.45, 7) is 5.74. The van der Waals surface area contributed by atoms with Gasteiger partial charge in [0.15, 0.2) is 5.16 Å². The van der Waals surface area contributed by atoms with Crippen molar-refractivity contribution in [2.75, 3.05) is 31.6 Å². The van der Waals surface area contributed by atoms with Gasteiger partial charge in [-0.3, -0.25) is 15.0 Å². The Morgan fingerprint density at radius 2 is 1.89 bits per heavy atom. The van der Waals surface area contributed by atoms with Gasteiger partial charge < -0.3 is 9.30 Å². The second-order valence-electron chi connectivity index (χ2n) is 8.75. The van der Waals surface area contributed by atoms with Crippen LogP contribution in [0.1, 0.15) is 35.6 Å². The van der Waals surface area contributed by atoms with Crippen LogP contribution in [-0.4, -0.2) is 66.2 Å². The highest BCUT2D eigenvalue weighted by Gasteiger charge is 2.19. The minimum atomic E-state index is -0.346. The molecule has 3 aromatic heterocycles. The number of carbonyl (C=O) groups excluding carboxylic acids is 1. The van der Waals surface area contributed by atoms with E-state index in [0.29, 0.717) is 33.4 Å². The lowest BCUT2D eigenvalue weighted by molar-refractivity contribution is 0.101. The van der Waals surface area contributed by atoms with Crippen molar-refractivity contribution >= 4 is 46.1 Å². The van der Waals surface area contributed by atoms with Crippen LogP contribution in [0.15, 0.2) is 62.7 Å². The number of ether oxygens (including phenoxy) is 1. The van der Waals surface area contributed by atoms with Gasteiger partial charge >= 0.3 is 0 Å². The van der Waals surface area contributed by atoms with E-state index in [4.69, 9.17) is 4.74 Å². The molecule has 13 heteroatoms. The Bertz CT molecular complexity index is 1370. The van der Waals surface area contributed by atoms with Gasteiger partial charge in [-0.1, -0.05) is 18.2 Å². The summed E-state index contributed by atoms with van der Waals surface area (Å²) in [5, 5.41) is 12.6. The average molecular weight is 569 g/mol. The Hall–Kier alpha value is -3.00. The maximum atomic E-state index is 13.2. The molecule has 1 N–H and O–H groups in total. The fourth-order valence-corrected chi connectivity index (χ4v) is 6.11. The largest absolute Gasteiger partial charge is 0.492 e. The highest BCUT2D eigenvalue weighted by molar-refractivity contribution is 7.99. The van der Waals surface area contributed by atoms with Crippen molar-refractivity contribution in [2.24, 2.45) is 7.05 Å². The number of pyridine rings is 1. The first kappa shape index (κ1) is 26.6. The summed E-state index contributed by atoms with van der Waals surface area (Å²) in [5.41, 5.74) is 0.303. The number of carbonyl (C=O) groups is 1. The minimum Gasteiger partial charge on any atom is -0.492 e. The van der Waals surface area contributed by atoms with Crippen molar-refractivity contribution < 1.29 is 9.53 Å². The second-order valence-corrected chi connectivity index (χ2v) is 11.6. The summed E-state index contributed by atoms with van der Waals surface area (Å²) >= 11 is 3.95. The van der Waals surface area contributed by atoms with Crippen LogP contribution in [0.2, 0.25) is 0 Å². The summed E-state index contributed by atoms with van der Waals surface area (Å²) in [6, 6.07) is 11.7. The van der Waals surface area contributed by atoms with E-state index in [2.05, 4.69) is 34.8 Å². The van der Waals surface area contributed by atoms with Gasteiger partial charge in [-0.25, -0.2) is 9.97 Å². The molecule has 4 heterocycles. The van der Waals surface area contributed by atoms with Crippen molar-refractivity contribution in [1.29, 1.82) is 0 Å². The molecule has 0 unspecified atom stereocenters. The molecule has 1 fully saturated rings. The highest BCUT2D eigenvalue weighted by atomic mass is 32.2. The topological polar surface area (TPSA) is 111 Å². The number of likely N-dealkylation sites (tertiary alicyclic amines) is 1. The van der Waals surface area contributed by atoms with Crippen molar-refractivity contribution in [3.8, 4) is 5.75 Å². The molecule has 5 rings (SSSR count). The van der Waals surface area contributed by atoms with E-state index in [1.807, 2.05) is 43.4 Å². The van der Waals surface area contributed by atoms with Crippen molar-refractivity contribution in [2.45, 2.75) is 46.2 Å². The Labute approximate surface area is 233 Å². The number of anilines is 1. The molecule has 0 aliphatic carbocycles. The first-order valence-corrected chi connectivity index (χ1v) is 14.7. The first-order valence-electron chi connectivity index (χ1n) is 12.3. The summed E-state index contributed by atoms with van der Waals surface area (Å²) in [4.78, 5) is 26.3. The van der Waals surface area contributed by atoms with Crippen LogP contribution in [0.3, 0.4) is 0 Å². The summed E-state index contributed by atoms with van der Waals surface area (Å²) < 4.78 is 11.9. The summed E-state index contributed by atoms with van der Waals surface area (Å²) in [5.74, 6) is 1.10. The number of amides is 1. The van der Waals surface area contributed by atoms with E-state index in [0.717, 1.165) is 46.7 Å². The van der Waals surface area contributed by atoms with Crippen LogP contribution in [-0.2, 0) is 7.05 Å². The van der Waals surface area contributed by atoms with E-state index in [1.165, 1.54) is 42.8 Å². The molecule has 1 aliphatic rings. The molecule has 10 nitrogen and oxygen atoms in total. The smallest absolute Gasteiger partial charge is 0.277 e. The maximum absolute atomic E-state index is 13.2. The number of hydrogen-bond acceptors (Lipinski definition) is 11. The van der Waals surface area contributed by atoms with E-state index >= 15 is 0 Å². The number of nitrogens with one attached hydrogen (secondary N) is 1. The van der Waals surface area contributed by atoms with Crippen molar-refractivity contribution in [1.82, 2.24) is 34.0 Å². The van der Waals surface area contributed by atoms with Crippen LogP contribution in [0.5, 0.6) is 5.75 Å². The van der Waals surface area contributed by atoms with Gasteiger partial charge in [0.25, 0.3) is 5.91 Å². The lowest BCUT2D eigenvalue weighted by Crippen LogP contribution is -2.33. The molecule has 0 saturated carbocycles. The molecular formula is C25H28N8O2S3. The van der Waals surface area contributed by atoms with E-state index in [1.54, 1.807) is 17.8 Å². The van der Waals surface area contributed by atoms with Crippen molar-refractivity contribution in [3.05, 3.63) is 54.2 Å². The number of rotatable bonds is 10. The fourth-order valence-electron chi connectivity index (χ4n) is 3.90. The molecule has 4 aromatic rings. The Balaban J connectivity index is 1.28. The third kappa shape index (κ3) is 7.10. The lowest BCUT2D eigenvalue weighted by atomic mass is 10.1. The molecular weight excluding hydrogens is 541 g/mol. The molecule has 0 atom stereocenters. The van der Waals surface area contributed by atoms with E-state index < -0.39 is 0 Å². The fraction of sp³-hybridized carbons (Fsp3) is 0.360. The number of aromatic nitrogens is 6. The SMILES string of the molecule is Cc1nsc(NC(=O)c2nc(Sc3nncn3C)ccc2Sc2ccc(OCCN3CCCCC3)cc2)n1. The Morgan fingerprint density at radius 1 is 1.08 bits per heavy atom. The molecule has 0 bridgehead atoms. The number of nitrogens with zero attached hydrogens (tertiary/aromatic N) is 7. The van der Waals surface area contributed by atoms with Gasteiger partial charge in [-0.2, -0.15) is 4.37 Å². The zero-order valence-corrected chi connectivity index (χ0v) is 23.6. The Morgan fingerprint density at radius 3 is 2.61 bits per heavy atom. The average Bonchev–Trinajstić information content (AvgIpc) is 3.53. The van der Waals surface area contributed by atoms with Crippen LogP contribution < -0.4 is 10.1 Å². The lowest BCUT2D eigenvalue weighted by Gasteiger charge is -2.26. The van der Waals surface area contributed by atoms with Gasteiger partial charge in [0.05, 0.1) is 0 Å². The highest BCUT2D eigenvalue weighted by Crippen LogP contribution is 2.34. The second kappa shape index (κ2) is 12.7. The van der Waals surface area contributed by atoms with Gasteiger partial charge in [0, 0.05) is 34.9 Å². The van der Waals surface area contributed by atoms with Gasteiger partial charge in [0.2, 0.25) is 5.13 Å². The standard InChI is InChI=1S/C25H28N8O2S3/c1-17-27-24(38-31-17)29-23(34)22-20(10-11-21(28-22)37-25-30-26-16-32(25)2)36-19-8-6-18(7-9-19)35-15-14-33-12-4-3-5-13-33/h6-11,16H,3-5,12-15H2,1-2H3,(H,27,29,31,34). The molecule has 0 spiro atoms. The Kier molecular flexibility index (Phi) is 8.89. The molecule has 1 aromatic carbocycles. The normalized spacial score (nSPS) is 13.9. The molecule has 0 radical (unpaired) electrons. The monoisotopic (exact) mass is 568 g/mol. The molecule has 198 valence electrons. The third-order valence-corrected chi connectivity index (χ3v) is 8.61. The number of benzene rings is 1. The van der Waals surface area contributed by atoms with Crippen LogP contribution in [0, 0.1) is 6.92 Å². The summed E-state index contributed by atoms with van der Waals surface area (Å²) in [7, 11) is 1.86. The zero-order valence-electron chi connectivity index (χ0n) is 21.2. The van der Waals surface area contributed by atoms with Crippen LogP contribution in [0.25, 0.3) is 0 Å². The van der Waals surface area contributed by atoms with Crippen LogP contribution in [0.4, 0.5) is 5.13 Å². The zero-order chi connectivity index (χ0) is 26.3. The predicted octanol–water partition coefficient (Wildman–Crippen LogP) is 4.79. The quantitative estimate of drug-likeness (QED) is 0.287. The third-order valence-electron chi connectivity index (χ3n) is 5.84. The molecule has 1 amide bonds. The number of piperidine rings is 1. The predicted molar refractivity (Wildman–Crippen MR) is 148 cm³/mol. The molecule has 1 saturated heterocycles. The van der Waals surface area contributed by atoms with E-state index in [-0.39, 0.29) is 5.91 Å². The van der Waals surface area contributed by atoms with Gasteiger partial charge in [-0.05, 0) is 81.0 Å². The molecule has 38 heavy (non-hydrogen) atoms. The maximum Gasteiger partial charge on any atom is 0.277 e. The van der Waals surface area contributed by atoms with Gasteiger partial charge in [0.1, 0.15) is 35.2 Å². The number of aryl methyl sites for hydroxylation is 2. The van der Waals surface area contributed by atoms with Crippen molar-refractivity contribution in [3.63, 3.8) is 0 Å².